The van der Waals surface area contributed by atoms with Gasteiger partial charge >= 0.3 is 5.97 Å². The second-order valence-electron chi connectivity index (χ2n) is 5.10. The number of ether oxygens (including phenoxy) is 4. The van der Waals surface area contributed by atoms with Crippen molar-refractivity contribution >= 4 is 5.97 Å². The number of benzene rings is 1. The van der Waals surface area contributed by atoms with E-state index < -0.39 is 36.7 Å². The highest BCUT2D eigenvalue weighted by Gasteiger charge is 2.46. The van der Waals surface area contributed by atoms with Gasteiger partial charge in [-0.3, -0.25) is 0 Å². The predicted molar refractivity (Wildman–Crippen MR) is 70.6 cm³/mol. The summed E-state index contributed by atoms with van der Waals surface area (Å²) in [6.07, 6.45) is -6.62. The van der Waals surface area contributed by atoms with Gasteiger partial charge in [-0.15, -0.1) is 0 Å². The van der Waals surface area contributed by atoms with Gasteiger partial charge in [-0.05, 0) is 18.2 Å². The summed E-state index contributed by atoms with van der Waals surface area (Å²) in [5.74, 6) is -0.142. The SMILES string of the molecule is COc1cc2ccc1O[C@@H]1O[C@H](COC2=O)[C@@H](O)[C@H](O)[C@H]1O. The van der Waals surface area contributed by atoms with E-state index in [1.165, 1.54) is 25.3 Å². The summed E-state index contributed by atoms with van der Waals surface area (Å²) in [4.78, 5) is 12.0. The summed E-state index contributed by atoms with van der Waals surface area (Å²) >= 11 is 0. The van der Waals surface area contributed by atoms with Crippen LogP contribution >= 0.6 is 0 Å². The molecule has 1 saturated heterocycles. The van der Waals surface area contributed by atoms with Crippen molar-refractivity contribution in [3.63, 3.8) is 0 Å². The molecule has 0 aliphatic carbocycles. The first-order chi connectivity index (χ1) is 10.5. The van der Waals surface area contributed by atoms with Crippen LogP contribution in [0.5, 0.6) is 11.5 Å². The van der Waals surface area contributed by atoms with Gasteiger partial charge in [0.1, 0.15) is 31.0 Å². The number of rotatable bonds is 1. The van der Waals surface area contributed by atoms with Gasteiger partial charge in [-0.2, -0.15) is 0 Å². The second kappa shape index (κ2) is 5.73. The molecule has 3 aliphatic rings. The van der Waals surface area contributed by atoms with Gasteiger partial charge in [0, 0.05) is 0 Å². The number of fused-ring (bicyclic) bond motifs is 4. The number of carbonyl (C=O) groups is 1. The molecule has 3 heterocycles. The van der Waals surface area contributed by atoms with E-state index >= 15 is 0 Å². The average molecular weight is 312 g/mol. The van der Waals surface area contributed by atoms with E-state index in [0.29, 0.717) is 0 Å². The van der Waals surface area contributed by atoms with Gasteiger partial charge < -0.3 is 34.3 Å². The van der Waals surface area contributed by atoms with Crippen LogP contribution in [-0.2, 0) is 9.47 Å². The van der Waals surface area contributed by atoms with Crippen LogP contribution in [0, 0.1) is 0 Å². The fourth-order valence-corrected chi connectivity index (χ4v) is 2.41. The number of hydrogen-bond acceptors (Lipinski definition) is 8. The topological polar surface area (TPSA) is 115 Å². The third kappa shape index (κ3) is 2.50. The Morgan fingerprint density at radius 3 is 2.68 bits per heavy atom. The Labute approximate surface area is 125 Å². The second-order valence-corrected chi connectivity index (χ2v) is 5.10. The van der Waals surface area contributed by atoms with E-state index in [9.17, 15) is 20.1 Å². The number of hydrogen-bond donors (Lipinski definition) is 3. The summed E-state index contributed by atoms with van der Waals surface area (Å²) in [7, 11) is 1.40. The molecule has 1 aromatic rings. The zero-order valence-electron chi connectivity index (χ0n) is 11.7. The minimum atomic E-state index is -1.49. The van der Waals surface area contributed by atoms with Crippen molar-refractivity contribution in [1.29, 1.82) is 0 Å². The molecule has 0 unspecified atom stereocenters. The first-order valence-corrected chi connectivity index (χ1v) is 6.72. The molecule has 22 heavy (non-hydrogen) atoms. The summed E-state index contributed by atoms with van der Waals surface area (Å²) in [6.45, 7) is -0.285. The summed E-state index contributed by atoms with van der Waals surface area (Å²) < 4.78 is 21.1. The molecule has 120 valence electrons. The fourth-order valence-electron chi connectivity index (χ4n) is 2.41. The van der Waals surface area contributed by atoms with E-state index in [-0.39, 0.29) is 23.7 Å². The molecule has 3 aliphatic heterocycles. The summed E-state index contributed by atoms with van der Waals surface area (Å²) in [5, 5.41) is 29.7. The van der Waals surface area contributed by atoms with Gasteiger partial charge in [-0.25, -0.2) is 4.79 Å². The largest absolute Gasteiger partial charge is 0.493 e. The Morgan fingerprint density at radius 1 is 1.18 bits per heavy atom. The van der Waals surface area contributed by atoms with E-state index in [0.717, 1.165) is 0 Å². The van der Waals surface area contributed by atoms with Crippen LogP contribution in [0.1, 0.15) is 10.4 Å². The molecule has 3 N–H and O–H groups in total. The zero-order chi connectivity index (χ0) is 15.9. The molecule has 0 radical (unpaired) electrons. The summed E-state index contributed by atoms with van der Waals surface area (Å²) in [6, 6.07) is 4.39. The maximum atomic E-state index is 12.0. The minimum absolute atomic E-state index is 0.229. The molecule has 4 bridgehead atoms. The fraction of sp³-hybridized carbons (Fsp3) is 0.500. The van der Waals surface area contributed by atoms with Gasteiger partial charge in [0.2, 0.25) is 6.29 Å². The van der Waals surface area contributed by atoms with Crippen LogP contribution in [0.15, 0.2) is 18.2 Å². The maximum Gasteiger partial charge on any atom is 0.338 e. The lowest BCUT2D eigenvalue weighted by Crippen LogP contribution is -2.60. The van der Waals surface area contributed by atoms with Gasteiger partial charge in [0.15, 0.2) is 11.5 Å². The maximum absolute atomic E-state index is 12.0. The predicted octanol–water partition coefficient (Wildman–Crippen LogP) is -0.948. The molecule has 4 rings (SSSR count). The molecule has 1 aromatic carbocycles. The van der Waals surface area contributed by atoms with Crippen molar-refractivity contribution in [2.45, 2.75) is 30.7 Å². The molecule has 8 nitrogen and oxygen atoms in total. The molecule has 8 heteroatoms. The first-order valence-electron chi connectivity index (χ1n) is 6.72. The van der Waals surface area contributed by atoms with Gasteiger partial charge in [-0.1, -0.05) is 0 Å². The van der Waals surface area contributed by atoms with Crippen molar-refractivity contribution in [1.82, 2.24) is 0 Å². The lowest BCUT2D eigenvalue weighted by Gasteiger charge is -2.39. The molecule has 0 aromatic heterocycles. The van der Waals surface area contributed by atoms with Crippen LogP contribution in [0.25, 0.3) is 0 Å². The quantitative estimate of drug-likeness (QED) is 0.569. The molecule has 0 saturated carbocycles. The number of methoxy groups -OCH3 is 1. The Bertz CT molecular complexity index is 574. The normalized spacial score (nSPS) is 34.4. The van der Waals surface area contributed by atoms with Crippen molar-refractivity contribution in [2.75, 3.05) is 13.7 Å². The standard InChI is InChI=1S/C14H16O8/c1-19-8-4-6-2-3-7(8)21-14-12(17)11(16)10(15)9(22-14)5-20-13(6)18/h2-4,9-12,14-17H,5H2,1H3/t9-,10-,11+,12-,14-/m1/s1. The molecule has 5 atom stereocenters. The Morgan fingerprint density at radius 2 is 1.95 bits per heavy atom. The van der Waals surface area contributed by atoms with Crippen molar-refractivity contribution < 1.29 is 39.1 Å². The summed E-state index contributed by atoms with van der Waals surface area (Å²) in [5.41, 5.74) is 0.247. The lowest BCUT2D eigenvalue weighted by atomic mass is 9.99. The number of aliphatic hydroxyl groups excluding tert-OH is 3. The van der Waals surface area contributed by atoms with E-state index in [1.807, 2.05) is 0 Å². The highest BCUT2D eigenvalue weighted by atomic mass is 16.7. The van der Waals surface area contributed by atoms with Gasteiger partial charge in [0.05, 0.1) is 12.7 Å². The first kappa shape index (κ1) is 15.0. The average Bonchev–Trinajstić information content (AvgIpc) is 2.57. The molecule has 0 spiro atoms. The molecular formula is C14H16O8. The van der Waals surface area contributed by atoms with Crippen LogP contribution in [-0.4, -0.2) is 65.7 Å². The number of carbonyl (C=O) groups excluding carboxylic acids is 1. The van der Waals surface area contributed by atoms with Crippen molar-refractivity contribution in [3.8, 4) is 11.5 Å². The Hall–Kier alpha value is -1.87. The van der Waals surface area contributed by atoms with Crippen molar-refractivity contribution in [3.05, 3.63) is 23.8 Å². The molecule has 0 amide bonds. The van der Waals surface area contributed by atoms with E-state index in [4.69, 9.17) is 18.9 Å². The number of esters is 1. The van der Waals surface area contributed by atoms with Crippen LogP contribution in [0.4, 0.5) is 0 Å². The lowest BCUT2D eigenvalue weighted by molar-refractivity contribution is -0.277. The van der Waals surface area contributed by atoms with Crippen LogP contribution < -0.4 is 9.47 Å². The third-order valence-electron chi connectivity index (χ3n) is 3.69. The van der Waals surface area contributed by atoms with Crippen LogP contribution in [0.2, 0.25) is 0 Å². The molecular weight excluding hydrogens is 296 g/mol. The highest BCUT2D eigenvalue weighted by molar-refractivity contribution is 5.90. The smallest absolute Gasteiger partial charge is 0.338 e. The Balaban J connectivity index is 2.00. The molecule has 1 fully saturated rings. The van der Waals surface area contributed by atoms with Crippen molar-refractivity contribution in [2.24, 2.45) is 0 Å². The Kier molecular flexibility index (Phi) is 3.92. The number of aliphatic hydroxyl groups is 3. The minimum Gasteiger partial charge on any atom is -0.493 e. The van der Waals surface area contributed by atoms with E-state index in [1.54, 1.807) is 0 Å². The monoisotopic (exact) mass is 312 g/mol. The van der Waals surface area contributed by atoms with E-state index in [2.05, 4.69) is 0 Å². The zero-order valence-corrected chi connectivity index (χ0v) is 11.7. The van der Waals surface area contributed by atoms with Crippen LogP contribution in [0.3, 0.4) is 0 Å². The van der Waals surface area contributed by atoms with Gasteiger partial charge in [0.25, 0.3) is 0 Å². The highest BCUT2D eigenvalue weighted by Crippen LogP contribution is 2.33. The third-order valence-corrected chi connectivity index (χ3v) is 3.69.